The molecule has 0 atom stereocenters. The highest BCUT2D eigenvalue weighted by atomic mass is 32.2. The summed E-state index contributed by atoms with van der Waals surface area (Å²) in [5.41, 5.74) is 1.68. The maximum Gasteiger partial charge on any atom is 0.264 e. The number of thiazole rings is 1. The van der Waals surface area contributed by atoms with Crippen molar-refractivity contribution in [3.05, 3.63) is 48.0 Å². The van der Waals surface area contributed by atoms with Gasteiger partial charge in [-0.15, -0.1) is 0 Å². The molecule has 3 aromatic rings. The quantitative estimate of drug-likeness (QED) is 0.608. The number of anilines is 1. The Morgan fingerprint density at radius 2 is 1.94 bits per heavy atom. The number of carbonyl (C=O) groups is 1. The van der Waals surface area contributed by atoms with E-state index < -0.39 is 10.0 Å². The topological polar surface area (TPSA) is 91.8 Å². The van der Waals surface area contributed by atoms with E-state index in [-0.39, 0.29) is 17.4 Å². The summed E-state index contributed by atoms with van der Waals surface area (Å²) >= 11 is 1.24. The standard InChI is InChI=1S/C21H24N4O4S2/c1-15-4-3-5-16(12-15)29-14-20(26)23-21-22-18-7-6-17(13-19(18)30-21)31(27,28)25-10-8-24(2)9-11-25/h3-7,12-13H,8-11,14H2,1-2H3,(H,22,23,26). The van der Waals surface area contributed by atoms with E-state index in [9.17, 15) is 13.2 Å². The number of likely N-dealkylation sites (N-methyl/N-ethyl adjacent to an activating group) is 1. The number of nitrogens with one attached hydrogen (secondary N) is 1. The third kappa shape index (κ3) is 5.04. The number of amides is 1. The molecular formula is C21H24N4O4S2. The Balaban J connectivity index is 1.44. The minimum atomic E-state index is -3.56. The van der Waals surface area contributed by atoms with Crippen molar-refractivity contribution >= 4 is 42.6 Å². The van der Waals surface area contributed by atoms with Crippen molar-refractivity contribution in [1.82, 2.24) is 14.2 Å². The minimum absolute atomic E-state index is 0.136. The summed E-state index contributed by atoms with van der Waals surface area (Å²) in [5.74, 6) is 0.295. The minimum Gasteiger partial charge on any atom is -0.484 e. The summed E-state index contributed by atoms with van der Waals surface area (Å²) in [7, 11) is -1.57. The van der Waals surface area contributed by atoms with Crippen LogP contribution >= 0.6 is 11.3 Å². The molecule has 0 spiro atoms. The highest BCUT2D eigenvalue weighted by molar-refractivity contribution is 7.89. The highest BCUT2D eigenvalue weighted by Crippen LogP contribution is 2.29. The number of hydrogen-bond donors (Lipinski definition) is 1. The average Bonchev–Trinajstić information content (AvgIpc) is 3.14. The lowest BCUT2D eigenvalue weighted by Crippen LogP contribution is -2.46. The van der Waals surface area contributed by atoms with Crippen molar-refractivity contribution < 1.29 is 17.9 Å². The van der Waals surface area contributed by atoms with Crippen LogP contribution in [0.1, 0.15) is 5.56 Å². The molecule has 2 heterocycles. The zero-order chi connectivity index (χ0) is 22.0. The Morgan fingerprint density at radius 1 is 1.16 bits per heavy atom. The van der Waals surface area contributed by atoms with E-state index in [4.69, 9.17) is 4.74 Å². The fraction of sp³-hybridized carbons (Fsp3) is 0.333. The number of hydrogen-bond acceptors (Lipinski definition) is 7. The maximum absolute atomic E-state index is 13.0. The lowest BCUT2D eigenvalue weighted by atomic mass is 10.2. The Hall–Kier alpha value is -2.53. The molecule has 1 N–H and O–H groups in total. The predicted octanol–water partition coefficient (Wildman–Crippen LogP) is 2.56. The summed E-state index contributed by atoms with van der Waals surface area (Å²) in [6.45, 7) is 4.18. The number of aromatic nitrogens is 1. The fourth-order valence-corrected chi connectivity index (χ4v) is 5.75. The third-order valence-corrected chi connectivity index (χ3v) is 7.89. The monoisotopic (exact) mass is 460 g/mol. The van der Waals surface area contributed by atoms with Crippen molar-refractivity contribution in [2.75, 3.05) is 45.2 Å². The lowest BCUT2D eigenvalue weighted by Gasteiger charge is -2.31. The number of aryl methyl sites for hydroxylation is 1. The van der Waals surface area contributed by atoms with E-state index in [1.165, 1.54) is 15.6 Å². The van der Waals surface area contributed by atoms with Crippen LogP contribution in [0.4, 0.5) is 5.13 Å². The Bertz CT molecular complexity index is 1200. The predicted molar refractivity (Wildman–Crippen MR) is 121 cm³/mol. The van der Waals surface area contributed by atoms with Gasteiger partial charge < -0.3 is 9.64 Å². The number of carbonyl (C=O) groups excluding carboxylic acids is 1. The molecule has 1 amide bonds. The van der Waals surface area contributed by atoms with E-state index in [2.05, 4.69) is 15.2 Å². The summed E-state index contributed by atoms with van der Waals surface area (Å²) < 4.78 is 33.7. The average molecular weight is 461 g/mol. The molecule has 0 saturated carbocycles. The van der Waals surface area contributed by atoms with Gasteiger partial charge in [0.25, 0.3) is 5.91 Å². The second-order valence-corrected chi connectivity index (χ2v) is 10.5. The molecule has 0 unspecified atom stereocenters. The van der Waals surface area contributed by atoms with Crippen LogP contribution < -0.4 is 10.1 Å². The van der Waals surface area contributed by atoms with Gasteiger partial charge in [-0.3, -0.25) is 10.1 Å². The zero-order valence-electron chi connectivity index (χ0n) is 17.4. The molecule has 1 aliphatic heterocycles. The number of benzene rings is 2. The molecule has 0 bridgehead atoms. The summed E-state index contributed by atoms with van der Waals surface area (Å²) in [4.78, 5) is 19.0. The molecule has 31 heavy (non-hydrogen) atoms. The van der Waals surface area contributed by atoms with Crippen LogP contribution in [0.15, 0.2) is 47.4 Å². The lowest BCUT2D eigenvalue weighted by molar-refractivity contribution is -0.118. The second kappa shape index (κ2) is 8.91. The van der Waals surface area contributed by atoms with Gasteiger partial charge in [0, 0.05) is 26.2 Å². The molecule has 1 aliphatic rings. The third-order valence-electron chi connectivity index (χ3n) is 5.07. The van der Waals surface area contributed by atoms with E-state index in [1.807, 2.05) is 32.2 Å². The first kappa shape index (κ1) is 21.7. The van der Waals surface area contributed by atoms with Crippen LogP contribution in [0.5, 0.6) is 5.75 Å². The number of fused-ring (bicyclic) bond motifs is 1. The molecule has 1 saturated heterocycles. The number of sulfonamides is 1. The Labute approximate surface area is 185 Å². The number of rotatable bonds is 6. The van der Waals surface area contributed by atoms with Crippen LogP contribution in [0.2, 0.25) is 0 Å². The normalized spacial score (nSPS) is 15.8. The molecule has 2 aromatic carbocycles. The first-order chi connectivity index (χ1) is 14.8. The summed E-state index contributed by atoms with van der Waals surface area (Å²) in [6.07, 6.45) is 0. The molecule has 0 aliphatic carbocycles. The first-order valence-electron chi connectivity index (χ1n) is 9.90. The van der Waals surface area contributed by atoms with Gasteiger partial charge in [-0.05, 0) is 49.9 Å². The molecular weight excluding hydrogens is 436 g/mol. The van der Waals surface area contributed by atoms with E-state index >= 15 is 0 Å². The van der Waals surface area contributed by atoms with Gasteiger partial charge >= 0.3 is 0 Å². The van der Waals surface area contributed by atoms with Crippen LogP contribution in [-0.2, 0) is 14.8 Å². The van der Waals surface area contributed by atoms with Crippen LogP contribution in [0.3, 0.4) is 0 Å². The smallest absolute Gasteiger partial charge is 0.264 e. The summed E-state index contributed by atoms with van der Waals surface area (Å²) in [6, 6.07) is 12.3. The van der Waals surface area contributed by atoms with Crippen molar-refractivity contribution in [2.24, 2.45) is 0 Å². The molecule has 10 heteroatoms. The van der Waals surface area contributed by atoms with Crippen molar-refractivity contribution in [3.63, 3.8) is 0 Å². The number of nitrogens with zero attached hydrogens (tertiary/aromatic N) is 3. The van der Waals surface area contributed by atoms with E-state index in [1.54, 1.807) is 24.3 Å². The van der Waals surface area contributed by atoms with Gasteiger partial charge in [-0.2, -0.15) is 4.31 Å². The number of piperazine rings is 1. The highest BCUT2D eigenvalue weighted by Gasteiger charge is 2.27. The Morgan fingerprint density at radius 3 is 2.68 bits per heavy atom. The van der Waals surface area contributed by atoms with Gasteiger partial charge in [0.05, 0.1) is 15.1 Å². The zero-order valence-corrected chi connectivity index (χ0v) is 19.0. The van der Waals surface area contributed by atoms with Crippen molar-refractivity contribution in [2.45, 2.75) is 11.8 Å². The second-order valence-electron chi connectivity index (χ2n) is 7.51. The van der Waals surface area contributed by atoms with Gasteiger partial charge in [-0.25, -0.2) is 13.4 Å². The van der Waals surface area contributed by atoms with Crippen molar-refractivity contribution in [3.8, 4) is 5.75 Å². The first-order valence-corrected chi connectivity index (χ1v) is 12.2. The van der Waals surface area contributed by atoms with E-state index in [0.717, 1.165) is 5.56 Å². The van der Waals surface area contributed by atoms with Crippen LogP contribution in [0.25, 0.3) is 10.2 Å². The molecule has 1 aromatic heterocycles. The molecule has 8 nitrogen and oxygen atoms in total. The van der Waals surface area contributed by atoms with E-state index in [0.29, 0.717) is 47.3 Å². The molecule has 0 radical (unpaired) electrons. The SMILES string of the molecule is Cc1cccc(OCC(=O)Nc2nc3ccc(S(=O)(=O)N4CCN(C)CC4)cc3s2)c1. The molecule has 4 rings (SSSR count). The fourth-order valence-electron chi connectivity index (χ4n) is 3.31. The van der Waals surface area contributed by atoms with Gasteiger partial charge in [0.1, 0.15) is 5.75 Å². The number of ether oxygens (including phenoxy) is 1. The van der Waals surface area contributed by atoms with Crippen molar-refractivity contribution in [1.29, 1.82) is 0 Å². The Kier molecular flexibility index (Phi) is 6.24. The van der Waals surface area contributed by atoms with Gasteiger partial charge in [-0.1, -0.05) is 23.5 Å². The largest absolute Gasteiger partial charge is 0.484 e. The summed E-state index contributed by atoms with van der Waals surface area (Å²) in [5, 5.41) is 3.13. The maximum atomic E-state index is 13.0. The molecule has 164 valence electrons. The van der Waals surface area contributed by atoms with Crippen LogP contribution in [-0.4, -0.2) is 68.3 Å². The molecule has 1 fully saturated rings. The van der Waals surface area contributed by atoms with Crippen LogP contribution in [0, 0.1) is 6.92 Å². The van der Waals surface area contributed by atoms with Gasteiger partial charge in [0.2, 0.25) is 10.0 Å². The van der Waals surface area contributed by atoms with Gasteiger partial charge in [0.15, 0.2) is 11.7 Å².